The fourth-order valence-electron chi connectivity index (χ4n) is 3.12. The molecule has 2 aromatic rings. The van der Waals surface area contributed by atoms with E-state index in [0.717, 1.165) is 6.07 Å². The van der Waals surface area contributed by atoms with Crippen LogP contribution in [0.5, 0.6) is 0 Å². The van der Waals surface area contributed by atoms with Crippen LogP contribution in [0.25, 0.3) is 0 Å². The number of nitrogens with zero attached hydrogens (tertiary/aromatic N) is 2. The Morgan fingerprint density at radius 1 is 1.36 bits per heavy atom. The second kappa shape index (κ2) is 6.26. The summed E-state index contributed by atoms with van der Waals surface area (Å²) >= 11 is 0. The van der Waals surface area contributed by atoms with Crippen LogP contribution in [0.4, 0.5) is 13.2 Å². The van der Waals surface area contributed by atoms with Crippen molar-refractivity contribution in [2.75, 3.05) is 6.54 Å². The number of aromatic amines is 1. The topological polar surface area (TPSA) is 80.1 Å². The number of hydrogen-bond acceptors (Lipinski definition) is 3. The van der Waals surface area contributed by atoms with Crippen molar-refractivity contribution in [3.05, 3.63) is 58.9 Å². The van der Waals surface area contributed by atoms with Crippen LogP contribution in [-0.4, -0.2) is 33.5 Å². The molecule has 0 radical (unpaired) electrons. The first-order valence-electron chi connectivity index (χ1n) is 7.55. The van der Waals surface area contributed by atoms with Crippen molar-refractivity contribution in [3.8, 4) is 6.07 Å². The molecule has 130 valence electrons. The second-order valence-electron chi connectivity index (χ2n) is 5.86. The third kappa shape index (κ3) is 3.23. The Hall–Kier alpha value is -2.79. The molecule has 2 atom stereocenters. The van der Waals surface area contributed by atoms with Crippen molar-refractivity contribution in [2.45, 2.75) is 24.7 Å². The van der Waals surface area contributed by atoms with Gasteiger partial charge >= 0.3 is 6.18 Å². The highest BCUT2D eigenvalue weighted by molar-refractivity contribution is 5.93. The van der Waals surface area contributed by atoms with Gasteiger partial charge in [0.05, 0.1) is 23.3 Å². The van der Waals surface area contributed by atoms with E-state index in [9.17, 15) is 23.1 Å². The maximum Gasteiger partial charge on any atom is 0.416 e. The van der Waals surface area contributed by atoms with Crippen LogP contribution >= 0.6 is 0 Å². The molecule has 3 rings (SSSR count). The van der Waals surface area contributed by atoms with Gasteiger partial charge in [-0.05, 0) is 24.1 Å². The predicted octanol–water partition coefficient (Wildman–Crippen LogP) is 2.85. The number of aliphatic hydroxyl groups excluding tert-OH is 1. The number of hydrogen-bond donors (Lipinski definition) is 2. The summed E-state index contributed by atoms with van der Waals surface area (Å²) in [5.74, 6) is -0.556. The molecule has 5 nitrogen and oxygen atoms in total. The maximum atomic E-state index is 13.3. The molecule has 1 aromatic heterocycles. The number of alkyl halides is 3. The number of nitrogens with one attached hydrogen (secondary N) is 1. The molecule has 8 heteroatoms. The minimum absolute atomic E-state index is 0.0185. The number of nitriles is 1. The summed E-state index contributed by atoms with van der Waals surface area (Å²) in [6, 6.07) is 7.35. The molecule has 2 unspecified atom stereocenters. The van der Waals surface area contributed by atoms with Crippen molar-refractivity contribution < 1.29 is 23.1 Å². The zero-order valence-corrected chi connectivity index (χ0v) is 12.9. The quantitative estimate of drug-likeness (QED) is 0.875. The van der Waals surface area contributed by atoms with E-state index in [-0.39, 0.29) is 29.8 Å². The van der Waals surface area contributed by atoms with E-state index >= 15 is 0 Å². The van der Waals surface area contributed by atoms with E-state index in [4.69, 9.17) is 5.26 Å². The molecule has 0 spiro atoms. The van der Waals surface area contributed by atoms with E-state index < -0.39 is 29.8 Å². The number of β-amino-alcohol motifs (C(OH)–C–C–N with tert-alkyl or cyclic N) is 1. The largest absolute Gasteiger partial charge is 0.416 e. The molecular weight excluding hydrogens is 335 g/mol. The van der Waals surface area contributed by atoms with Crippen molar-refractivity contribution in [1.29, 1.82) is 5.26 Å². The lowest BCUT2D eigenvalue weighted by Gasteiger charge is -2.26. The van der Waals surface area contributed by atoms with Crippen molar-refractivity contribution in [1.82, 2.24) is 9.88 Å². The lowest BCUT2D eigenvalue weighted by molar-refractivity contribution is -0.138. The SMILES string of the molecule is N#Cc1c[nH]c(C(=O)N2CC(O)CC2c2ccccc2C(F)(F)F)c1. The molecular formula is C17H14F3N3O2. The van der Waals surface area contributed by atoms with E-state index in [2.05, 4.69) is 4.98 Å². The van der Waals surface area contributed by atoms with Gasteiger partial charge in [-0.1, -0.05) is 18.2 Å². The molecule has 0 aliphatic carbocycles. The lowest BCUT2D eigenvalue weighted by atomic mass is 9.97. The van der Waals surface area contributed by atoms with Crippen LogP contribution in [0, 0.1) is 11.3 Å². The van der Waals surface area contributed by atoms with Crippen molar-refractivity contribution in [3.63, 3.8) is 0 Å². The van der Waals surface area contributed by atoms with E-state index in [1.165, 1.54) is 35.4 Å². The highest BCUT2D eigenvalue weighted by Crippen LogP contribution is 2.40. The number of amides is 1. The molecule has 1 fully saturated rings. The highest BCUT2D eigenvalue weighted by atomic mass is 19.4. The van der Waals surface area contributed by atoms with E-state index in [0.29, 0.717) is 0 Å². The van der Waals surface area contributed by atoms with Gasteiger partial charge in [0.2, 0.25) is 0 Å². The predicted molar refractivity (Wildman–Crippen MR) is 81.4 cm³/mol. The van der Waals surface area contributed by atoms with Crippen LogP contribution < -0.4 is 0 Å². The van der Waals surface area contributed by atoms with Crippen LogP contribution in [0.1, 0.15) is 39.6 Å². The summed E-state index contributed by atoms with van der Waals surface area (Å²) in [5.41, 5.74) is -0.529. The summed E-state index contributed by atoms with van der Waals surface area (Å²) in [6.07, 6.45) is -4.11. The molecule has 25 heavy (non-hydrogen) atoms. The number of aromatic nitrogens is 1. The molecule has 1 amide bonds. The number of carbonyl (C=O) groups excluding carboxylic acids is 1. The second-order valence-corrected chi connectivity index (χ2v) is 5.86. The maximum absolute atomic E-state index is 13.3. The number of aliphatic hydroxyl groups is 1. The smallest absolute Gasteiger partial charge is 0.391 e. The third-order valence-electron chi connectivity index (χ3n) is 4.21. The summed E-state index contributed by atoms with van der Waals surface area (Å²) in [4.78, 5) is 16.5. The molecule has 1 aliphatic heterocycles. The average molecular weight is 349 g/mol. The Labute approximate surface area is 141 Å². The van der Waals surface area contributed by atoms with E-state index in [1.54, 1.807) is 0 Å². The van der Waals surface area contributed by atoms with Gasteiger partial charge < -0.3 is 15.0 Å². The first-order valence-corrected chi connectivity index (χ1v) is 7.55. The molecule has 1 aliphatic rings. The first-order chi connectivity index (χ1) is 11.8. The lowest BCUT2D eigenvalue weighted by Crippen LogP contribution is -2.32. The molecule has 1 aromatic carbocycles. The molecule has 2 N–H and O–H groups in total. The van der Waals surface area contributed by atoms with Gasteiger partial charge in [-0.2, -0.15) is 18.4 Å². The Morgan fingerprint density at radius 3 is 2.72 bits per heavy atom. The molecule has 1 saturated heterocycles. The fraction of sp³-hybridized carbons (Fsp3) is 0.294. The number of rotatable bonds is 2. The number of H-pyrrole nitrogens is 1. The summed E-state index contributed by atoms with van der Waals surface area (Å²) in [6.45, 7) is -0.0728. The van der Waals surface area contributed by atoms with Crippen LogP contribution in [0.15, 0.2) is 36.5 Å². The fourth-order valence-corrected chi connectivity index (χ4v) is 3.12. The van der Waals surface area contributed by atoms with Gasteiger partial charge in [0.25, 0.3) is 5.91 Å². The number of likely N-dealkylation sites (tertiary alicyclic amines) is 1. The van der Waals surface area contributed by atoms with Crippen LogP contribution in [0.2, 0.25) is 0 Å². The summed E-state index contributed by atoms with van der Waals surface area (Å²) in [5, 5.41) is 18.8. The first kappa shape index (κ1) is 17.0. The van der Waals surface area contributed by atoms with Gasteiger partial charge in [0, 0.05) is 12.7 Å². The number of halogens is 3. The summed E-state index contributed by atoms with van der Waals surface area (Å²) in [7, 11) is 0. The van der Waals surface area contributed by atoms with Crippen molar-refractivity contribution in [2.24, 2.45) is 0 Å². The normalized spacial score (nSPS) is 20.5. The zero-order valence-electron chi connectivity index (χ0n) is 12.9. The highest BCUT2D eigenvalue weighted by Gasteiger charge is 2.41. The van der Waals surface area contributed by atoms with Gasteiger partial charge in [-0.3, -0.25) is 4.79 Å². The Balaban J connectivity index is 1.98. The minimum Gasteiger partial charge on any atom is -0.391 e. The summed E-state index contributed by atoms with van der Waals surface area (Å²) < 4.78 is 39.9. The molecule has 0 bridgehead atoms. The number of carbonyl (C=O) groups is 1. The van der Waals surface area contributed by atoms with Gasteiger partial charge in [0.1, 0.15) is 11.8 Å². The minimum atomic E-state index is -4.56. The standard InChI is InChI=1S/C17H14F3N3O2/c18-17(19,20)13-4-2-1-3-12(13)15-6-11(24)9-23(15)16(25)14-5-10(7-21)8-22-14/h1-5,8,11,15,22,24H,6,9H2. The number of benzene rings is 1. The monoisotopic (exact) mass is 349 g/mol. The van der Waals surface area contributed by atoms with Gasteiger partial charge in [-0.15, -0.1) is 0 Å². The Bertz CT molecular complexity index is 838. The van der Waals surface area contributed by atoms with Crippen molar-refractivity contribution >= 4 is 5.91 Å². The van der Waals surface area contributed by atoms with E-state index in [1.807, 2.05) is 6.07 Å². The third-order valence-corrected chi connectivity index (χ3v) is 4.21. The van der Waals surface area contributed by atoms with Gasteiger partial charge in [-0.25, -0.2) is 0 Å². The van der Waals surface area contributed by atoms with Gasteiger partial charge in [0.15, 0.2) is 0 Å². The zero-order chi connectivity index (χ0) is 18.2. The molecule has 0 saturated carbocycles. The van der Waals surface area contributed by atoms with Crippen LogP contribution in [0.3, 0.4) is 0 Å². The Kier molecular flexibility index (Phi) is 4.27. The van der Waals surface area contributed by atoms with Crippen LogP contribution in [-0.2, 0) is 6.18 Å². The average Bonchev–Trinajstić information content (AvgIpc) is 3.20. The molecule has 2 heterocycles. The Morgan fingerprint density at radius 2 is 2.08 bits per heavy atom.